The van der Waals surface area contributed by atoms with Crippen LogP contribution >= 0.6 is 0 Å². The number of carbonyl (C=O) groups is 1. The molecule has 12 heavy (non-hydrogen) atoms. The highest BCUT2D eigenvalue weighted by atomic mass is 16.5. The number of amides is 2. The van der Waals surface area contributed by atoms with E-state index in [1.165, 1.54) is 0 Å². The first-order chi connectivity index (χ1) is 5.79. The zero-order chi connectivity index (χ0) is 8.55. The Balaban J connectivity index is 1.86. The molecule has 0 aromatic heterocycles. The van der Waals surface area contributed by atoms with Gasteiger partial charge in [0.05, 0.1) is 18.2 Å². The molecular weight excluding hydrogens is 158 g/mol. The number of nitrogens with two attached hydrogens (primary N) is 1. The maximum Gasteiger partial charge on any atom is 0.329 e. The number of rotatable bonds is 1. The lowest BCUT2D eigenvalue weighted by atomic mass is 9.96. The van der Waals surface area contributed by atoms with E-state index in [0.29, 0.717) is 6.10 Å². The van der Waals surface area contributed by atoms with Crippen LogP contribution < -0.4 is 16.6 Å². The average Bonchev–Trinajstić information content (AvgIpc) is 2.64. The first-order valence-corrected chi connectivity index (χ1v) is 4.22. The van der Waals surface area contributed by atoms with Crippen LogP contribution in [-0.2, 0) is 4.74 Å². The summed E-state index contributed by atoms with van der Waals surface area (Å²) in [4.78, 5) is 10.8. The largest absolute Gasteiger partial charge is 0.373 e. The highest BCUT2D eigenvalue weighted by Gasteiger charge is 2.41. The van der Waals surface area contributed by atoms with Crippen LogP contribution in [0.1, 0.15) is 19.3 Å². The maximum atomic E-state index is 10.8. The van der Waals surface area contributed by atoms with Gasteiger partial charge in [0.2, 0.25) is 0 Å². The molecule has 4 N–H and O–H groups in total. The van der Waals surface area contributed by atoms with Crippen molar-refractivity contribution in [3.8, 4) is 0 Å². The summed E-state index contributed by atoms with van der Waals surface area (Å²) in [5.74, 6) is 4.95. The molecule has 2 heterocycles. The van der Waals surface area contributed by atoms with Gasteiger partial charge >= 0.3 is 6.03 Å². The zero-order valence-corrected chi connectivity index (χ0v) is 6.75. The molecule has 2 amide bonds. The molecule has 2 rings (SSSR count). The van der Waals surface area contributed by atoms with Crippen LogP contribution in [0.25, 0.3) is 0 Å². The summed E-state index contributed by atoms with van der Waals surface area (Å²) in [6.07, 6.45) is 3.69. The molecule has 0 aromatic rings. The number of fused-ring (bicyclic) bond motifs is 2. The predicted octanol–water partition coefficient (Wildman–Crippen LogP) is -0.521. The van der Waals surface area contributed by atoms with Crippen molar-refractivity contribution in [1.29, 1.82) is 0 Å². The van der Waals surface area contributed by atoms with Gasteiger partial charge in [-0.3, -0.25) is 5.43 Å². The molecule has 3 atom stereocenters. The zero-order valence-electron chi connectivity index (χ0n) is 6.75. The molecule has 0 radical (unpaired) electrons. The van der Waals surface area contributed by atoms with E-state index in [1.807, 2.05) is 5.43 Å². The second kappa shape index (κ2) is 2.91. The van der Waals surface area contributed by atoms with Crippen molar-refractivity contribution in [2.75, 3.05) is 0 Å². The van der Waals surface area contributed by atoms with Crippen LogP contribution in [0.5, 0.6) is 0 Å². The van der Waals surface area contributed by atoms with Crippen LogP contribution in [-0.4, -0.2) is 24.3 Å². The van der Waals surface area contributed by atoms with E-state index in [4.69, 9.17) is 10.6 Å². The molecule has 0 saturated carbocycles. The summed E-state index contributed by atoms with van der Waals surface area (Å²) in [5.41, 5.74) is 2.05. The third-order valence-corrected chi connectivity index (χ3v) is 2.55. The van der Waals surface area contributed by atoms with E-state index in [1.54, 1.807) is 0 Å². The smallest absolute Gasteiger partial charge is 0.329 e. The van der Waals surface area contributed by atoms with E-state index in [0.717, 1.165) is 19.3 Å². The van der Waals surface area contributed by atoms with Gasteiger partial charge in [-0.2, -0.15) is 0 Å². The SMILES string of the molecule is NNC(=O)NC1CC2CCC1O2. The van der Waals surface area contributed by atoms with Crippen molar-refractivity contribution in [2.24, 2.45) is 5.84 Å². The summed E-state index contributed by atoms with van der Waals surface area (Å²) in [5, 5.41) is 2.76. The van der Waals surface area contributed by atoms with Crippen molar-refractivity contribution in [3.63, 3.8) is 0 Å². The highest BCUT2D eigenvalue weighted by Crippen LogP contribution is 2.34. The van der Waals surface area contributed by atoms with Gasteiger partial charge in [0.1, 0.15) is 0 Å². The fourth-order valence-electron chi connectivity index (χ4n) is 2.00. The first kappa shape index (κ1) is 7.82. The topological polar surface area (TPSA) is 76.4 Å². The third-order valence-electron chi connectivity index (χ3n) is 2.55. The Morgan fingerprint density at radius 1 is 1.50 bits per heavy atom. The molecule has 0 aliphatic carbocycles. The monoisotopic (exact) mass is 171 g/mol. The molecular formula is C7H13N3O2. The number of ether oxygens (including phenoxy) is 1. The molecule has 2 aliphatic rings. The first-order valence-electron chi connectivity index (χ1n) is 4.22. The fourth-order valence-corrected chi connectivity index (χ4v) is 2.00. The Labute approximate surface area is 70.6 Å². The normalized spacial score (nSPS) is 38.2. The lowest BCUT2D eigenvalue weighted by Gasteiger charge is -2.19. The summed E-state index contributed by atoms with van der Waals surface area (Å²) in [6, 6.07) is -0.163. The van der Waals surface area contributed by atoms with E-state index in [9.17, 15) is 4.79 Å². The molecule has 68 valence electrons. The molecule has 2 saturated heterocycles. The maximum absolute atomic E-state index is 10.8. The van der Waals surface area contributed by atoms with Gasteiger partial charge in [-0.05, 0) is 19.3 Å². The average molecular weight is 171 g/mol. The lowest BCUT2D eigenvalue weighted by Crippen LogP contribution is -2.48. The lowest BCUT2D eigenvalue weighted by molar-refractivity contribution is 0.0981. The Morgan fingerprint density at radius 3 is 2.83 bits per heavy atom. The molecule has 0 aromatic carbocycles. The number of hydrogen-bond acceptors (Lipinski definition) is 3. The van der Waals surface area contributed by atoms with Crippen LogP contribution in [0, 0.1) is 0 Å². The van der Waals surface area contributed by atoms with Gasteiger partial charge in [0, 0.05) is 0 Å². The fraction of sp³-hybridized carbons (Fsp3) is 0.857. The van der Waals surface area contributed by atoms with Gasteiger partial charge < -0.3 is 10.1 Å². The van der Waals surface area contributed by atoms with Crippen molar-refractivity contribution in [1.82, 2.24) is 10.7 Å². The van der Waals surface area contributed by atoms with Gasteiger partial charge in [0.15, 0.2) is 0 Å². The number of hydrazine groups is 1. The number of carbonyl (C=O) groups excluding carboxylic acids is 1. The summed E-state index contributed by atoms with van der Waals surface area (Å²) >= 11 is 0. The van der Waals surface area contributed by atoms with Crippen LogP contribution in [0.4, 0.5) is 4.79 Å². The molecule has 5 heteroatoms. The van der Waals surface area contributed by atoms with E-state index < -0.39 is 0 Å². The molecule has 2 aliphatic heterocycles. The predicted molar refractivity (Wildman–Crippen MR) is 42.2 cm³/mol. The van der Waals surface area contributed by atoms with Gasteiger partial charge in [-0.1, -0.05) is 0 Å². The quantitative estimate of drug-likeness (QED) is 0.282. The summed E-state index contributed by atoms with van der Waals surface area (Å²) in [7, 11) is 0. The summed E-state index contributed by atoms with van der Waals surface area (Å²) in [6.45, 7) is 0. The van der Waals surface area contributed by atoms with Crippen LogP contribution in [0.3, 0.4) is 0 Å². The number of urea groups is 1. The minimum absolute atomic E-state index is 0.160. The van der Waals surface area contributed by atoms with Crippen molar-refractivity contribution >= 4 is 6.03 Å². The Hall–Kier alpha value is -0.810. The molecule has 5 nitrogen and oxygen atoms in total. The summed E-state index contributed by atoms with van der Waals surface area (Å²) < 4.78 is 5.55. The Bertz CT molecular complexity index is 197. The molecule has 0 spiro atoms. The van der Waals surface area contributed by atoms with E-state index >= 15 is 0 Å². The Kier molecular flexibility index (Phi) is 1.90. The van der Waals surface area contributed by atoms with Crippen molar-refractivity contribution in [3.05, 3.63) is 0 Å². The molecule has 2 bridgehead atoms. The highest BCUT2D eigenvalue weighted by molar-refractivity contribution is 5.73. The number of hydrogen-bond donors (Lipinski definition) is 3. The van der Waals surface area contributed by atoms with Crippen LogP contribution in [0.15, 0.2) is 0 Å². The van der Waals surface area contributed by atoms with Crippen LogP contribution in [0.2, 0.25) is 0 Å². The number of nitrogens with one attached hydrogen (secondary N) is 2. The third kappa shape index (κ3) is 1.25. The molecule has 3 unspecified atom stereocenters. The van der Waals surface area contributed by atoms with E-state index in [2.05, 4.69) is 5.32 Å². The standard InChI is InChI=1S/C7H13N3O2/c8-10-7(11)9-5-3-4-1-2-6(5)12-4/h4-6H,1-3,8H2,(H2,9,10,11). The van der Waals surface area contributed by atoms with Gasteiger partial charge in [-0.15, -0.1) is 0 Å². The molecule has 2 fully saturated rings. The minimum Gasteiger partial charge on any atom is -0.373 e. The van der Waals surface area contributed by atoms with Gasteiger partial charge in [0.25, 0.3) is 0 Å². The Morgan fingerprint density at radius 2 is 2.33 bits per heavy atom. The van der Waals surface area contributed by atoms with Crippen molar-refractivity contribution in [2.45, 2.75) is 37.5 Å². The van der Waals surface area contributed by atoms with E-state index in [-0.39, 0.29) is 18.2 Å². The minimum atomic E-state index is -0.323. The second-order valence-corrected chi connectivity index (χ2v) is 3.33. The van der Waals surface area contributed by atoms with Gasteiger partial charge in [-0.25, -0.2) is 10.6 Å². The second-order valence-electron chi connectivity index (χ2n) is 3.33. The van der Waals surface area contributed by atoms with Crippen molar-refractivity contribution < 1.29 is 9.53 Å².